The third-order valence-electron chi connectivity index (χ3n) is 3.50. The van der Waals surface area contributed by atoms with Crippen molar-refractivity contribution in [3.8, 4) is 5.75 Å². The molecule has 0 heterocycles. The van der Waals surface area contributed by atoms with Gasteiger partial charge in [-0.25, -0.2) is 8.78 Å². The van der Waals surface area contributed by atoms with Crippen molar-refractivity contribution >= 4 is 5.97 Å². The zero-order valence-electron chi connectivity index (χ0n) is 11.2. The van der Waals surface area contributed by atoms with Gasteiger partial charge in [-0.15, -0.1) is 0 Å². The van der Waals surface area contributed by atoms with Gasteiger partial charge in [0.05, 0.1) is 0 Å². The lowest BCUT2D eigenvalue weighted by molar-refractivity contribution is -0.147. The van der Waals surface area contributed by atoms with E-state index in [9.17, 15) is 18.7 Å². The number of halogens is 2. The SMILES string of the molecule is CCNC(COc1cc(F)ccc1F)(C(=O)O)C1CC1. The standard InChI is InChI=1S/C14H17F2NO3/c1-2-17-14(13(18)19,9-3-4-9)8-20-12-7-10(15)5-6-11(12)16/h5-7,9,17H,2-4,8H2,1H3,(H,18,19). The molecule has 20 heavy (non-hydrogen) atoms. The van der Waals surface area contributed by atoms with Gasteiger partial charge in [0.25, 0.3) is 0 Å². The molecule has 4 nitrogen and oxygen atoms in total. The van der Waals surface area contributed by atoms with E-state index in [0.717, 1.165) is 31.0 Å². The van der Waals surface area contributed by atoms with Crippen LogP contribution < -0.4 is 10.1 Å². The van der Waals surface area contributed by atoms with Crippen LogP contribution in [0, 0.1) is 17.6 Å². The molecule has 1 unspecified atom stereocenters. The fourth-order valence-electron chi connectivity index (χ4n) is 2.30. The molecule has 1 fully saturated rings. The van der Waals surface area contributed by atoms with Gasteiger partial charge >= 0.3 is 5.97 Å². The Balaban J connectivity index is 2.16. The van der Waals surface area contributed by atoms with Gasteiger partial charge in [0, 0.05) is 6.07 Å². The van der Waals surface area contributed by atoms with Crippen molar-refractivity contribution in [1.82, 2.24) is 5.32 Å². The Bertz CT molecular complexity index is 505. The van der Waals surface area contributed by atoms with Crippen molar-refractivity contribution in [1.29, 1.82) is 0 Å². The predicted octanol–water partition coefficient (Wildman–Crippen LogP) is 2.19. The van der Waals surface area contributed by atoms with E-state index in [1.165, 1.54) is 0 Å². The highest BCUT2D eigenvalue weighted by molar-refractivity contribution is 5.80. The molecule has 0 aliphatic heterocycles. The fraction of sp³-hybridized carbons (Fsp3) is 0.500. The van der Waals surface area contributed by atoms with Crippen molar-refractivity contribution in [3.63, 3.8) is 0 Å². The van der Waals surface area contributed by atoms with E-state index in [1.54, 1.807) is 6.92 Å². The Hall–Kier alpha value is -1.69. The molecule has 0 aromatic heterocycles. The molecule has 1 saturated carbocycles. The lowest BCUT2D eigenvalue weighted by atomic mass is 9.94. The van der Waals surface area contributed by atoms with Gasteiger partial charge in [-0.3, -0.25) is 10.1 Å². The molecule has 1 atom stereocenters. The lowest BCUT2D eigenvalue weighted by Crippen LogP contribution is -2.58. The number of rotatable bonds is 7. The largest absolute Gasteiger partial charge is 0.488 e. The van der Waals surface area contributed by atoms with E-state index in [2.05, 4.69) is 5.32 Å². The highest BCUT2D eigenvalue weighted by Gasteiger charge is 2.51. The van der Waals surface area contributed by atoms with Crippen LogP contribution in [-0.2, 0) is 4.79 Å². The van der Waals surface area contributed by atoms with Crippen molar-refractivity contribution in [2.45, 2.75) is 25.3 Å². The highest BCUT2D eigenvalue weighted by Crippen LogP contribution is 2.40. The van der Waals surface area contributed by atoms with E-state index in [4.69, 9.17) is 4.74 Å². The number of carboxylic acid groups (broad SMARTS) is 1. The first-order valence-electron chi connectivity index (χ1n) is 6.56. The second-order valence-electron chi connectivity index (χ2n) is 4.94. The van der Waals surface area contributed by atoms with Crippen molar-refractivity contribution in [2.75, 3.05) is 13.2 Å². The van der Waals surface area contributed by atoms with E-state index in [1.807, 2.05) is 0 Å². The summed E-state index contributed by atoms with van der Waals surface area (Å²) in [6, 6.07) is 2.86. The molecule has 0 radical (unpaired) electrons. The summed E-state index contributed by atoms with van der Waals surface area (Å²) in [5.74, 6) is -2.68. The van der Waals surface area contributed by atoms with Crippen LogP contribution in [0.25, 0.3) is 0 Å². The summed E-state index contributed by atoms with van der Waals surface area (Å²) in [5, 5.41) is 12.4. The minimum Gasteiger partial charge on any atom is -0.488 e. The van der Waals surface area contributed by atoms with Gasteiger partial charge in [-0.05, 0) is 37.4 Å². The monoisotopic (exact) mass is 285 g/mol. The Morgan fingerprint density at radius 2 is 2.20 bits per heavy atom. The number of hydrogen-bond donors (Lipinski definition) is 2. The molecule has 2 N–H and O–H groups in total. The van der Waals surface area contributed by atoms with Crippen molar-refractivity contribution in [3.05, 3.63) is 29.8 Å². The van der Waals surface area contributed by atoms with E-state index in [0.29, 0.717) is 6.54 Å². The summed E-state index contributed by atoms with van der Waals surface area (Å²) in [7, 11) is 0. The summed E-state index contributed by atoms with van der Waals surface area (Å²) in [6.45, 7) is 2.02. The molecule has 6 heteroatoms. The molecule has 110 valence electrons. The number of nitrogens with one attached hydrogen (secondary N) is 1. The van der Waals surface area contributed by atoms with Crippen LogP contribution in [-0.4, -0.2) is 29.8 Å². The van der Waals surface area contributed by atoms with Gasteiger partial charge in [0.15, 0.2) is 17.1 Å². The van der Waals surface area contributed by atoms with Gasteiger partial charge in [-0.2, -0.15) is 0 Å². The van der Waals surface area contributed by atoms with Crippen LogP contribution in [0.3, 0.4) is 0 Å². The Kier molecular flexibility index (Phi) is 4.23. The second-order valence-corrected chi connectivity index (χ2v) is 4.94. The maximum atomic E-state index is 13.5. The summed E-state index contributed by atoms with van der Waals surface area (Å²) in [4.78, 5) is 11.6. The summed E-state index contributed by atoms with van der Waals surface area (Å²) >= 11 is 0. The fourth-order valence-corrected chi connectivity index (χ4v) is 2.30. The highest BCUT2D eigenvalue weighted by atomic mass is 19.1. The smallest absolute Gasteiger partial charge is 0.327 e. The van der Waals surface area contributed by atoms with Crippen molar-refractivity contribution in [2.24, 2.45) is 5.92 Å². The van der Waals surface area contributed by atoms with E-state index >= 15 is 0 Å². The van der Waals surface area contributed by atoms with Gasteiger partial charge in [0.2, 0.25) is 0 Å². The molecule has 0 spiro atoms. The number of hydrogen-bond acceptors (Lipinski definition) is 3. The van der Waals surface area contributed by atoms with E-state index < -0.39 is 23.1 Å². The van der Waals surface area contributed by atoms with E-state index in [-0.39, 0.29) is 18.3 Å². The number of carbonyl (C=O) groups is 1. The quantitative estimate of drug-likeness (QED) is 0.806. The zero-order valence-corrected chi connectivity index (χ0v) is 11.2. The summed E-state index contributed by atoms with van der Waals surface area (Å²) < 4.78 is 31.8. The summed E-state index contributed by atoms with van der Waals surface area (Å²) in [6.07, 6.45) is 1.57. The molecule has 1 aromatic rings. The van der Waals surface area contributed by atoms with Crippen LogP contribution in [0.5, 0.6) is 5.75 Å². The molecule has 1 aliphatic carbocycles. The minimum atomic E-state index is -1.24. The first kappa shape index (κ1) is 14.7. The van der Waals surface area contributed by atoms with Gasteiger partial charge < -0.3 is 9.84 Å². The maximum absolute atomic E-state index is 13.5. The zero-order chi connectivity index (χ0) is 14.8. The molecular weight excluding hydrogens is 268 g/mol. The molecule has 0 saturated heterocycles. The van der Waals surface area contributed by atoms with Crippen LogP contribution in [0.1, 0.15) is 19.8 Å². The number of ether oxygens (including phenoxy) is 1. The topological polar surface area (TPSA) is 58.6 Å². The second kappa shape index (κ2) is 5.75. The molecular formula is C14H17F2NO3. The third kappa shape index (κ3) is 2.90. The van der Waals surface area contributed by atoms with Gasteiger partial charge in [0.1, 0.15) is 12.4 Å². The third-order valence-corrected chi connectivity index (χ3v) is 3.50. The Labute approximate surface area is 115 Å². The summed E-state index contributed by atoms with van der Waals surface area (Å²) in [5.41, 5.74) is -1.24. The Morgan fingerprint density at radius 1 is 1.50 bits per heavy atom. The predicted molar refractivity (Wildman–Crippen MR) is 68.6 cm³/mol. The number of aliphatic carboxylic acids is 1. The Morgan fingerprint density at radius 3 is 2.75 bits per heavy atom. The number of likely N-dealkylation sites (N-methyl/N-ethyl adjacent to an activating group) is 1. The lowest BCUT2D eigenvalue weighted by Gasteiger charge is -2.30. The average molecular weight is 285 g/mol. The van der Waals surface area contributed by atoms with Crippen LogP contribution >= 0.6 is 0 Å². The van der Waals surface area contributed by atoms with Gasteiger partial charge in [-0.1, -0.05) is 6.92 Å². The molecule has 0 amide bonds. The number of benzene rings is 1. The average Bonchev–Trinajstić information content (AvgIpc) is 3.22. The molecule has 0 bridgehead atoms. The van der Waals surface area contributed by atoms with Crippen LogP contribution in [0.2, 0.25) is 0 Å². The first-order chi connectivity index (χ1) is 9.49. The van der Waals surface area contributed by atoms with Crippen LogP contribution in [0.15, 0.2) is 18.2 Å². The normalized spacial score (nSPS) is 17.6. The number of carboxylic acids is 1. The molecule has 2 rings (SSSR count). The minimum absolute atomic E-state index is 0.0448. The molecule has 1 aliphatic rings. The maximum Gasteiger partial charge on any atom is 0.327 e. The van der Waals surface area contributed by atoms with Crippen LogP contribution in [0.4, 0.5) is 8.78 Å². The van der Waals surface area contributed by atoms with Crippen molar-refractivity contribution < 1.29 is 23.4 Å². The molecule has 1 aromatic carbocycles. The first-order valence-corrected chi connectivity index (χ1v) is 6.56.